The molecule has 0 spiro atoms. The van der Waals surface area contributed by atoms with Gasteiger partial charge in [-0.15, -0.1) is 0 Å². The van der Waals surface area contributed by atoms with Gasteiger partial charge in [-0.25, -0.2) is 4.68 Å². The van der Waals surface area contributed by atoms with Gasteiger partial charge >= 0.3 is 0 Å². The molecule has 2 heterocycles. The molecule has 0 unspecified atom stereocenters. The van der Waals surface area contributed by atoms with Gasteiger partial charge in [0.2, 0.25) is 11.8 Å². The van der Waals surface area contributed by atoms with Crippen LogP contribution in [-0.2, 0) is 22.6 Å². The van der Waals surface area contributed by atoms with Crippen molar-refractivity contribution in [2.24, 2.45) is 0 Å². The Morgan fingerprint density at radius 3 is 2.62 bits per heavy atom. The van der Waals surface area contributed by atoms with Gasteiger partial charge in [-0.3, -0.25) is 9.59 Å². The van der Waals surface area contributed by atoms with Crippen LogP contribution in [0.2, 0.25) is 10.2 Å². The van der Waals surface area contributed by atoms with Gasteiger partial charge < -0.3 is 10.2 Å². The lowest BCUT2D eigenvalue weighted by Gasteiger charge is -2.14. The van der Waals surface area contributed by atoms with Crippen LogP contribution in [0.5, 0.6) is 0 Å². The van der Waals surface area contributed by atoms with E-state index in [1.807, 2.05) is 43.3 Å². The Bertz CT molecular complexity index is 1220. The zero-order valence-electron chi connectivity index (χ0n) is 17.7. The van der Waals surface area contributed by atoms with Gasteiger partial charge in [0, 0.05) is 41.5 Å². The molecule has 0 fully saturated rings. The maximum absolute atomic E-state index is 12.5. The predicted octanol–water partition coefficient (Wildman–Crippen LogP) is 5.11. The number of rotatable bonds is 5. The number of amides is 2. The topological polar surface area (TPSA) is 67.2 Å². The van der Waals surface area contributed by atoms with Crippen LogP contribution < -0.4 is 10.2 Å². The second-order valence-electron chi connectivity index (χ2n) is 7.66. The predicted molar refractivity (Wildman–Crippen MR) is 128 cm³/mol. The van der Waals surface area contributed by atoms with Crippen LogP contribution in [-0.4, -0.2) is 28.1 Å². The Kier molecular flexibility index (Phi) is 6.35. The molecule has 0 saturated carbocycles. The molecule has 164 valence electrons. The van der Waals surface area contributed by atoms with Gasteiger partial charge in [0.05, 0.1) is 12.2 Å². The lowest BCUT2D eigenvalue weighted by atomic mass is 10.1. The highest BCUT2D eigenvalue weighted by Crippen LogP contribution is 2.30. The first-order valence-electron chi connectivity index (χ1n) is 10.2. The minimum Gasteiger partial charge on any atom is -0.323 e. The van der Waals surface area contributed by atoms with Crippen molar-refractivity contribution in [1.82, 2.24) is 9.78 Å². The number of hydrogen-bond donors (Lipinski definition) is 1. The van der Waals surface area contributed by atoms with Crippen molar-refractivity contribution in [2.45, 2.75) is 26.8 Å². The molecule has 2 amide bonds. The normalized spacial score (nSPS) is 12.9. The van der Waals surface area contributed by atoms with Crippen LogP contribution in [0, 0.1) is 6.92 Å². The Morgan fingerprint density at radius 1 is 1.16 bits per heavy atom. The Balaban J connectivity index is 1.44. The number of carbonyl (C=O) groups excluding carboxylic acids is 2. The van der Waals surface area contributed by atoms with Gasteiger partial charge in [0.25, 0.3) is 0 Å². The zero-order chi connectivity index (χ0) is 22.8. The SMILES string of the molecule is CC(=O)N1CCc2cc(NC(=O)C=Cc3c(C)nn(Cc4ccc(Cl)cc4)c3Cl)ccc21. The van der Waals surface area contributed by atoms with Gasteiger partial charge in [-0.2, -0.15) is 5.10 Å². The van der Waals surface area contributed by atoms with Crippen LogP contribution in [0.15, 0.2) is 48.5 Å². The third-order valence-corrected chi connectivity index (χ3v) is 6.03. The summed E-state index contributed by atoms with van der Waals surface area (Å²) in [5.74, 6) is -0.250. The summed E-state index contributed by atoms with van der Waals surface area (Å²) in [6.45, 7) is 4.58. The van der Waals surface area contributed by atoms with Crippen LogP contribution >= 0.6 is 23.2 Å². The van der Waals surface area contributed by atoms with Crippen molar-refractivity contribution in [2.75, 3.05) is 16.8 Å². The van der Waals surface area contributed by atoms with Crippen molar-refractivity contribution in [3.8, 4) is 0 Å². The molecule has 0 bridgehead atoms. The standard InChI is InChI=1S/C24H22Cl2N4O2/c1-15-21(24(26)30(28-15)14-17-3-5-19(25)6-4-17)8-10-23(32)27-20-7-9-22-18(13-20)11-12-29(22)16(2)31/h3-10,13H,11-12,14H2,1-2H3,(H,27,32). The lowest BCUT2D eigenvalue weighted by Crippen LogP contribution is -2.25. The van der Waals surface area contributed by atoms with E-state index < -0.39 is 0 Å². The van der Waals surface area contributed by atoms with E-state index in [4.69, 9.17) is 23.2 Å². The maximum Gasteiger partial charge on any atom is 0.248 e. The van der Waals surface area contributed by atoms with Gasteiger partial charge in [0.1, 0.15) is 5.15 Å². The number of halogens is 2. The van der Waals surface area contributed by atoms with E-state index in [-0.39, 0.29) is 11.8 Å². The third-order valence-electron chi connectivity index (χ3n) is 5.38. The highest BCUT2D eigenvalue weighted by Gasteiger charge is 2.22. The summed E-state index contributed by atoms with van der Waals surface area (Å²) < 4.78 is 1.69. The molecule has 1 aromatic heterocycles. The Hall–Kier alpha value is -3.09. The highest BCUT2D eigenvalue weighted by molar-refractivity contribution is 6.31. The van der Waals surface area contributed by atoms with E-state index in [2.05, 4.69) is 10.4 Å². The fourth-order valence-corrected chi connectivity index (χ4v) is 4.20. The van der Waals surface area contributed by atoms with E-state index in [1.165, 1.54) is 6.08 Å². The summed E-state index contributed by atoms with van der Waals surface area (Å²) >= 11 is 12.5. The summed E-state index contributed by atoms with van der Waals surface area (Å²) in [6.07, 6.45) is 3.89. The number of nitrogens with zero attached hydrogens (tertiary/aromatic N) is 3. The smallest absolute Gasteiger partial charge is 0.248 e. The van der Waals surface area contributed by atoms with Crippen molar-refractivity contribution in [1.29, 1.82) is 0 Å². The molecule has 1 N–H and O–H groups in total. The molecule has 0 atom stereocenters. The first-order chi connectivity index (χ1) is 15.3. The lowest BCUT2D eigenvalue weighted by molar-refractivity contribution is -0.116. The molecule has 8 heteroatoms. The van der Waals surface area contributed by atoms with E-state index >= 15 is 0 Å². The number of nitrogens with one attached hydrogen (secondary N) is 1. The van der Waals surface area contributed by atoms with Crippen LogP contribution in [0.1, 0.15) is 29.3 Å². The molecule has 1 aliphatic heterocycles. The van der Waals surface area contributed by atoms with Gasteiger partial charge in [0.15, 0.2) is 0 Å². The van der Waals surface area contributed by atoms with Gasteiger partial charge in [-0.1, -0.05) is 35.3 Å². The number of hydrogen-bond acceptors (Lipinski definition) is 3. The zero-order valence-corrected chi connectivity index (χ0v) is 19.2. The second-order valence-corrected chi connectivity index (χ2v) is 8.46. The molecular weight excluding hydrogens is 447 g/mol. The Morgan fingerprint density at radius 2 is 1.91 bits per heavy atom. The van der Waals surface area contributed by atoms with Crippen LogP contribution in [0.25, 0.3) is 6.08 Å². The van der Waals surface area contributed by atoms with Crippen molar-refractivity contribution >= 4 is 52.5 Å². The molecule has 0 saturated heterocycles. The molecule has 3 aromatic rings. The summed E-state index contributed by atoms with van der Waals surface area (Å²) in [5.41, 5.74) is 5.08. The molecule has 0 aliphatic carbocycles. The summed E-state index contributed by atoms with van der Waals surface area (Å²) in [7, 11) is 0. The monoisotopic (exact) mass is 468 g/mol. The van der Waals surface area contributed by atoms with Crippen molar-refractivity contribution in [3.05, 3.63) is 81.1 Å². The van der Waals surface area contributed by atoms with Gasteiger partial charge in [-0.05, 0) is 60.9 Å². The first-order valence-corrected chi connectivity index (χ1v) is 10.9. The molecule has 6 nitrogen and oxygen atoms in total. The molecule has 2 aromatic carbocycles. The molecule has 1 aliphatic rings. The van der Waals surface area contributed by atoms with Crippen molar-refractivity contribution < 1.29 is 9.59 Å². The average molecular weight is 469 g/mol. The quantitative estimate of drug-likeness (QED) is 0.529. The van der Waals surface area contributed by atoms with E-state index in [9.17, 15) is 9.59 Å². The Labute approximate surface area is 196 Å². The number of aryl methyl sites for hydroxylation is 1. The minimum absolute atomic E-state index is 0.0207. The third kappa shape index (κ3) is 4.71. The maximum atomic E-state index is 12.5. The fraction of sp³-hybridized carbons (Fsp3) is 0.208. The summed E-state index contributed by atoms with van der Waals surface area (Å²) in [6, 6.07) is 13.1. The summed E-state index contributed by atoms with van der Waals surface area (Å²) in [4.78, 5) is 25.9. The number of anilines is 2. The van der Waals surface area contributed by atoms with E-state index in [0.29, 0.717) is 34.5 Å². The number of fused-ring (bicyclic) bond motifs is 1. The number of benzene rings is 2. The van der Waals surface area contributed by atoms with Crippen LogP contribution in [0.3, 0.4) is 0 Å². The van der Waals surface area contributed by atoms with E-state index in [0.717, 1.165) is 28.9 Å². The molecule has 0 radical (unpaired) electrons. The fourth-order valence-electron chi connectivity index (χ4n) is 3.77. The van der Waals surface area contributed by atoms with Crippen LogP contribution in [0.4, 0.5) is 11.4 Å². The summed E-state index contributed by atoms with van der Waals surface area (Å²) in [5, 5.41) is 8.49. The molecule has 32 heavy (non-hydrogen) atoms. The number of aromatic nitrogens is 2. The minimum atomic E-state index is -0.271. The largest absolute Gasteiger partial charge is 0.323 e. The number of carbonyl (C=O) groups is 2. The van der Waals surface area contributed by atoms with E-state index in [1.54, 1.807) is 28.6 Å². The molecular formula is C24H22Cl2N4O2. The average Bonchev–Trinajstić information content (AvgIpc) is 3.29. The highest BCUT2D eigenvalue weighted by atomic mass is 35.5. The second kappa shape index (κ2) is 9.18. The van der Waals surface area contributed by atoms with Crippen molar-refractivity contribution in [3.63, 3.8) is 0 Å². The molecule has 4 rings (SSSR count). The first kappa shape index (κ1) is 22.1.